The number of rotatable bonds is 5. The van der Waals surface area contributed by atoms with E-state index >= 15 is 0 Å². The molecule has 116 valence electrons. The molecule has 2 N–H and O–H groups in total. The maximum absolute atomic E-state index is 9.25. The van der Waals surface area contributed by atoms with Gasteiger partial charge < -0.3 is 15.2 Å². The molecule has 0 fully saturated rings. The molecule has 0 atom stereocenters. The second-order valence-electron chi connectivity index (χ2n) is 4.67. The first-order valence-electron chi connectivity index (χ1n) is 6.91. The van der Waals surface area contributed by atoms with Crippen LogP contribution in [0.2, 0.25) is 0 Å². The van der Waals surface area contributed by atoms with Crippen molar-refractivity contribution in [2.45, 2.75) is 0 Å². The molecule has 7 nitrogen and oxygen atoms in total. The smallest absolute Gasteiger partial charge is 0.181 e. The van der Waals surface area contributed by atoms with Crippen LogP contribution >= 0.6 is 0 Å². The van der Waals surface area contributed by atoms with Crippen molar-refractivity contribution >= 4 is 11.8 Å². The molecular weight excluding hydrogens is 294 g/mol. The average Bonchev–Trinajstić information content (AvgIpc) is 3.05. The number of aromatic nitrogens is 4. The van der Waals surface area contributed by atoms with Gasteiger partial charge in [-0.1, -0.05) is 0 Å². The van der Waals surface area contributed by atoms with Crippen LogP contribution < -0.4 is 10.1 Å². The zero-order chi connectivity index (χ0) is 16.1. The molecule has 0 aliphatic heterocycles. The van der Waals surface area contributed by atoms with Gasteiger partial charge in [0.15, 0.2) is 5.82 Å². The van der Waals surface area contributed by atoms with Crippen LogP contribution in [0.5, 0.6) is 11.5 Å². The summed E-state index contributed by atoms with van der Waals surface area (Å²) in [6.45, 7) is 0. The third-order valence-corrected chi connectivity index (χ3v) is 3.16. The number of nitrogens with zero attached hydrogens (tertiary/aromatic N) is 4. The Bertz CT molecular complexity index is 794. The largest absolute Gasteiger partial charge is 0.508 e. The molecule has 0 bridgehead atoms. The van der Waals surface area contributed by atoms with Crippen molar-refractivity contribution in [3.8, 4) is 17.2 Å². The predicted molar refractivity (Wildman–Crippen MR) is 86.5 cm³/mol. The van der Waals surface area contributed by atoms with Crippen LogP contribution in [0.25, 0.3) is 11.8 Å². The van der Waals surface area contributed by atoms with E-state index in [1.54, 1.807) is 48.3 Å². The molecule has 3 aromatic rings. The zero-order valence-electron chi connectivity index (χ0n) is 12.4. The molecular formula is C16H15N5O2. The number of aromatic hydroxyl groups is 1. The fourth-order valence-electron chi connectivity index (χ4n) is 1.98. The number of hydrogen-bond acceptors (Lipinski definition) is 6. The summed E-state index contributed by atoms with van der Waals surface area (Å²) in [4.78, 5) is 0. The topological polar surface area (TPSA) is 85.1 Å². The molecule has 0 saturated heterocycles. The molecule has 0 spiro atoms. The fraction of sp³-hybridized carbons (Fsp3) is 0.0625. The summed E-state index contributed by atoms with van der Waals surface area (Å²) in [5.74, 6) is 1.58. The highest BCUT2D eigenvalue weighted by atomic mass is 16.5. The van der Waals surface area contributed by atoms with Crippen LogP contribution in [0.1, 0.15) is 5.82 Å². The molecule has 1 aromatic heterocycles. The average molecular weight is 309 g/mol. The summed E-state index contributed by atoms with van der Waals surface area (Å²) >= 11 is 0. The molecule has 0 radical (unpaired) electrons. The summed E-state index contributed by atoms with van der Waals surface area (Å²) in [5.41, 5.74) is 1.68. The maximum atomic E-state index is 9.25. The van der Waals surface area contributed by atoms with Gasteiger partial charge in [0.25, 0.3) is 0 Å². The lowest BCUT2D eigenvalue weighted by Gasteiger charge is -2.04. The van der Waals surface area contributed by atoms with Gasteiger partial charge in [-0.15, -0.1) is 5.10 Å². The van der Waals surface area contributed by atoms with E-state index in [0.717, 1.165) is 17.1 Å². The summed E-state index contributed by atoms with van der Waals surface area (Å²) < 4.78 is 6.76. The van der Waals surface area contributed by atoms with Gasteiger partial charge in [0.1, 0.15) is 11.5 Å². The molecule has 7 heteroatoms. The normalized spacial score (nSPS) is 10.8. The van der Waals surface area contributed by atoms with Crippen molar-refractivity contribution in [1.82, 2.24) is 20.2 Å². The number of benzene rings is 2. The Labute approximate surface area is 132 Å². The number of ether oxygens (including phenoxy) is 1. The minimum Gasteiger partial charge on any atom is -0.508 e. The van der Waals surface area contributed by atoms with Gasteiger partial charge in [0, 0.05) is 18.0 Å². The molecule has 2 aromatic carbocycles. The number of nitrogens with one attached hydrogen (secondary N) is 1. The summed E-state index contributed by atoms with van der Waals surface area (Å²) in [6.07, 6.45) is 3.50. The Kier molecular flexibility index (Phi) is 4.19. The van der Waals surface area contributed by atoms with Crippen LogP contribution in [0.15, 0.2) is 54.7 Å². The SMILES string of the molecule is COc1ccc(-n2nnnc2/C=C\Nc2ccc(O)cc2)cc1. The highest BCUT2D eigenvalue weighted by Gasteiger charge is 2.05. The monoisotopic (exact) mass is 309 g/mol. The van der Waals surface area contributed by atoms with Crippen LogP contribution in [0.4, 0.5) is 5.69 Å². The highest BCUT2D eigenvalue weighted by Crippen LogP contribution is 2.16. The van der Waals surface area contributed by atoms with Gasteiger partial charge in [-0.2, -0.15) is 4.68 Å². The molecule has 0 unspecified atom stereocenters. The fourth-order valence-corrected chi connectivity index (χ4v) is 1.98. The number of hydrogen-bond donors (Lipinski definition) is 2. The Hall–Kier alpha value is -3.35. The van der Waals surface area contributed by atoms with Gasteiger partial charge in [-0.3, -0.25) is 0 Å². The number of anilines is 1. The first kappa shape index (κ1) is 14.6. The summed E-state index contributed by atoms with van der Waals surface area (Å²) in [7, 11) is 1.62. The van der Waals surface area contributed by atoms with Crippen LogP contribution in [-0.2, 0) is 0 Å². The van der Waals surface area contributed by atoms with Crippen LogP contribution in [0, 0.1) is 0 Å². The lowest BCUT2D eigenvalue weighted by atomic mass is 10.3. The van der Waals surface area contributed by atoms with Gasteiger partial charge in [-0.05, 0) is 59.0 Å². The lowest BCUT2D eigenvalue weighted by molar-refractivity contribution is 0.414. The number of tetrazole rings is 1. The zero-order valence-corrected chi connectivity index (χ0v) is 12.4. The van der Waals surface area contributed by atoms with Crippen LogP contribution in [-0.4, -0.2) is 32.4 Å². The van der Waals surface area contributed by atoms with Gasteiger partial charge >= 0.3 is 0 Å². The van der Waals surface area contributed by atoms with Crippen molar-refractivity contribution in [2.75, 3.05) is 12.4 Å². The van der Waals surface area contributed by atoms with Gasteiger partial charge in [0.05, 0.1) is 12.8 Å². The van der Waals surface area contributed by atoms with E-state index in [0.29, 0.717) is 5.82 Å². The first-order chi connectivity index (χ1) is 11.3. The van der Waals surface area contributed by atoms with E-state index in [1.165, 1.54) is 0 Å². The second kappa shape index (κ2) is 6.61. The molecule has 0 amide bonds. The maximum Gasteiger partial charge on any atom is 0.181 e. The lowest BCUT2D eigenvalue weighted by Crippen LogP contribution is -2.00. The molecule has 3 rings (SSSR count). The molecule has 23 heavy (non-hydrogen) atoms. The summed E-state index contributed by atoms with van der Waals surface area (Å²) in [6, 6.07) is 14.2. The van der Waals surface area contributed by atoms with Crippen molar-refractivity contribution in [3.63, 3.8) is 0 Å². The summed E-state index contributed by atoms with van der Waals surface area (Å²) in [5, 5.41) is 24.0. The van der Waals surface area contributed by atoms with Gasteiger partial charge in [-0.25, -0.2) is 0 Å². The third-order valence-electron chi connectivity index (χ3n) is 3.16. The quantitative estimate of drug-likeness (QED) is 0.704. The minimum atomic E-state index is 0.225. The molecule has 1 heterocycles. The first-order valence-corrected chi connectivity index (χ1v) is 6.91. The van der Waals surface area contributed by atoms with E-state index in [9.17, 15) is 5.11 Å². The Morgan fingerprint density at radius 2 is 1.83 bits per heavy atom. The van der Waals surface area contributed by atoms with Crippen molar-refractivity contribution in [1.29, 1.82) is 0 Å². The standard InChI is InChI=1S/C16H15N5O2/c1-23-15-8-4-13(5-9-15)21-16(18-19-20-21)10-11-17-12-2-6-14(22)7-3-12/h2-11,17,22H,1H3/b11-10-. The van der Waals surface area contributed by atoms with E-state index in [-0.39, 0.29) is 5.75 Å². The predicted octanol–water partition coefficient (Wildman–Crippen LogP) is 2.46. The van der Waals surface area contributed by atoms with E-state index in [1.807, 2.05) is 24.3 Å². The molecule has 0 aliphatic carbocycles. The Morgan fingerprint density at radius 1 is 1.09 bits per heavy atom. The van der Waals surface area contributed by atoms with Crippen LogP contribution in [0.3, 0.4) is 0 Å². The molecule has 0 saturated carbocycles. The highest BCUT2D eigenvalue weighted by molar-refractivity contribution is 5.53. The second-order valence-corrected chi connectivity index (χ2v) is 4.67. The number of phenolic OH excluding ortho intramolecular Hbond substituents is 1. The number of phenols is 1. The van der Waals surface area contributed by atoms with Crippen molar-refractivity contribution in [2.24, 2.45) is 0 Å². The third kappa shape index (κ3) is 3.46. The van der Waals surface area contributed by atoms with E-state index < -0.39 is 0 Å². The van der Waals surface area contributed by atoms with E-state index in [4.69, 9.17) is 4.74 Å². The van der Waals surface area contributed by atoms with E-state index in [2.05, 4.69) is 20.8 Å². The van der Waals surface area contributed by atoms with Crippen molar-refractivity contribution < 1.29 is 9.84 Å². The van der Waals surface area contributed by atoms with Gasteiger partial charge in [0.2, 0.25) is 0 Å². The Balaban J connectivity index is 1.75. The number of methoxy groups -OCH3 is 1. The minimum absolute atomic E-state index is 0.225. The Morgan fingerprint density at radius 3 is 2.52 bits per heavy atom. The molecule has 0 aliphatic rings. The van der Waals surface area contributed by atoms with Crippen molar-refractivity contribution in [3.05, 3.63) is 60.6 Å².